The minimum atomic E-state index is -0.542. The number of hydrogen-bond donors (Lipinski definition) is 0. The summed E-state index contributed by atoms with van der Waals surface area (Å²) >= 11 is 0. The predicted octanol–water partition coefficient (Wildman–Crippen LogP) is 2.88. The van der Waals surface area contributed by atoms with E-state index in [2.05, 4.69) is 0 Å². The average Bonchev–Trinajstić information content (AvgIpc) is 2.41. The lowest BCUT2D eigenvalue weighted by Crippen LogP contribution is -2.57. The van der Waals surface area contributed by atoms with Gasteiger partial charge in [-0.05, 0) is 50.5 Å². The van der Waals surface area contributed by atoms with Crippen molar-refractivity contribution >= 4 is 11.9 Å². The highest BCUT2D eigenvalue weighted by atomic mass is 19.1. The molecule has 0 unspecified atom stereocenters. The maximum atomic E-state index is 14.2. The fourth-order valence-corrected chi connectivity index (χ4v) is 2.87. The molecule has 1 heterocycles. The molecular weight excluding hydrogens is 313 g/mol. The largest absolute Gasteiger partial charge is 0.484 e. The number of carbonyl (C=O) groups excluding carboxylic acids is 2. The highest BCUT2D eigenvalue weighted by molar-refractivity contribution is 5.83. The van der Waals surface area contributed by atoms with Crippen molar-refractivity contribution < 1.29 is 23.5 Å². The molecule has 2 aliphatic rings. The van der Waals surface area contributed by atoms with E-state index in [1.54, 1.807) is 6.07 Å². The third-order valence-electron chi connectivity index (χ3n) is 4.11. The summed E-state index contributed by atoms with van der Waals surface area (Å²) in [5.41, 5.74) is 1.18. The van der Waals surface area contributed by atoms with Crippen LogP contribution in [0.5, 0.6) is 5.75 Å². The first-order valence-corrected chi connectivity index (χ1v) is 8.19. The molecule has 0 saturated carbocycles. The number of likely N-dealkylation sites (tertiary alicyclic amines) is 1. The van der Waals surface area contributed by atoms with Crippen LogP contribution in [0, 0.1) is 5.82 Å². The predicted molar refractivity (Wildman–Crippen MR) is 85.7 cm³/mol. The van der Waals surface area contributed by atoms with Crippen molar-refractivity contribution in [1.29, 1.82) is 0 Å². The topological polar surface area (TPSA) is 55.8 Å². The standard InChI is InChI=1S/C18H22FNO4/c1-18(2,3)24-17(22)20-9-14(10-20)23-16-8-12-6-13(21)5-4-11(12)7-15(16)19/h7-8,14H,4-6,9-10H2,1-3H3. The van der Waals surface area contributed by atoms with Crippen molar-refractivity contribution in [2.75, 3.05) is 13.1 Å². The molecular formula is C18H22FNO4. The van der Waals surface area contributed by atoms with Gasteiger partial charge < -0.3 is 14.4 Å². The van der Waals surface area contributed by atoms with Crippen LogP contribution >= 0.6 is 0 Å². The Kier molecular flexibility index (Phi) is 4.24. The van der Waals surface area contributed by atoms with Gasteiger partial charge in [0.1, 0.15) is 17.5 Å². The minimum absolute atomic E-state index is 0.150. The van der Waals surface area contributed by atoms with Gasteiger partial charge in [0, 0.05) is 12.8 Å². The molecule has 5 nitrogen and oxygen atoms in total. The number of ether oxygens (including phenoxy) is 2. The number of halogens is 1. The number of aryl methyl sites for hydroxylation is 1. The molecule has 0 spiro atoms. The van der Waals surface area contributed by atoms with E-state index in [9.17, 15) is 14.0 Å². The summed E-state index contributed by atoms with van der Waals surface area (Å²) in [5, 5.41) is 0. The summed E-state index contributed by atoms with van der Waals surface area (Å²) in [6.45, 7) is 6.15. The molecule has 1 aliphatic carbocycles. The molecule has 0 N–H and O–H groups in total. The Hall–Kier alpha value is -2.11. The molecule has 24 heavy (non-hydrogen) atoms. The first-order valence-electron chi connectivity index (χ1n) is 8.19. The van der Waals surface area contributed by atoms with Crippen molar-refractivity contribution in [1.82, 2.24) is 4.90 Å². The normalized spacial score (nSPS) is 18.0. The Morgan fingerprint density at radius 2 is 1.92 bits per heavy atom. The van der Waals surface area contributed by atoms with Gasteiger partial charge in [-0.25, -0.2) is 9.18 Å². The van der Waals surface area contributed by atoms with E-state index in [1.165, 1.54) is 11.0 Å². The second-order valence-electron chi connectivity index (χ2n) is 7.39. The molecule has 0 atom stereocenters. The van der Waals surface area contributed by atoms with Gasteiger partial charge in [0.2, 0.25) is 0 Å². The van der Waals surface area contributed by atoms with E-state index in [0.717, 1.165) is 11.1 Å². The van der Waals surface area contributed by atoms with Crippen LogP contribution in [0.25, 0.3) is 0 Å². The van der Waals surface area contributed by atoms with Gasteiger partial charge in [-0.3, -0.25) is 4.79 Å². The number of rotatable bonds is 2. The lowest BCUT2D eigenvalue weighted by atomic mass is 9.90. The molecule has 1 saturated heterocycles. The first kappa shape index (κ1) is 16.7. The quantitative estimate of drug-likeness (QED) is 0.834. The Balaban J connectivity index is 1.59. The summed E-state index contributed by atoms with van der Waals surface area (Å²) in [6.07, 6.45) is 0.741. The first-order chi connectivity index (χ1) is 11.2. The molecule has 1 aromatic carbocycles. The highest BCUT2D eigenvalue weighted by Gasteiger charge is 2.35. The zero-order valence-corrected chi connectivity index (χ0v) is 14.2. The zero-order valence-electron chi connectivity index (χ0n) is 14.2. The third kappa shape index (κ3) is 3.68. The molecule has 1 amide bonds. The van der Waals surface area contributed by atoms with Crippen LogP contribution in [0.4, 0.5) is 9.18 Å². The Morgan fingerprint density at radius 3 is 2.58 bits per heavy atom. The van der Waals surface area contributed by atoms with Crippen molar-refractivity contribution in [2.24, 2.45) is 0 Å². The fraction of sp³-hybridized carbons (Fsp3) is 0.556. The molecule has 1 aliphatic heterocycles. The second kappa shape index (κ2) is 6.07. The van der Waals surface area contributed by atoms with E-state index < -0.39 is 11.4 Å². The maximum Gasteiger partial charge on any atom is 0.410 e. The number of Topliss-reactive ketones (excluding diaryl/α,β-unsaturated/α-hetero) is 1. The van der Waals surface area contributed by atoms with Gasteiger partial charge in [0.25, 0.3) is 0 Å². The number of ketones is 1. The summed E-state index contributed by atoms with van der Waals surface area (Å²) in [6, 6.07) is 3.08. The summed E-state index contributed by atoms with van der Waals surface area (Å²) < 4.78 is 25.1. The van der Waals surface area contributed by atoms with Gasteiger partial charge in [-0.1, -0.05) is 0 Å². The summed E-state index contributed by atoms with van der Waals surface area (Å²) in [4.78, 5) is 24.9. The molecule has 3 rings (SSSR count). The van der Waals surface area contributed by atoms with Crippen molar-refractivity contribution in [3.05, 3.63) is 29.1 Å². The van der Waals surface area contributed by atoms with Crippen LogP contribution < -0.4 is 4.74 Å². The Labute approximate surface area is 140 Å². The Morgan fingerprint density at radius 1 is 1.21 bits per heavy atom. The molecule has 130 valence electrons. The molecule has 0 bridgehead atoms. The number of hydrogen-bond acceptors (Lipinski definition) is 4. The lowest BCUT2D eigenvalue weighted by Gasteiger charge is -2.39. The van der Waals surface area contributed by atoms with Gasteiger partial charge >= 0.3 is 6.09 Å². The van der Waals surface area contributed by atoms with Gasteiger partial charge in [0.15, 0.2) is 11.6 Å². The molecule has 0 aromatic heterocycles. The zero-order chi connectivity index (χ0) is 17.5. The average molecular weight is 335 g/mol. The summed E-state index contributed by atoms with van der Waals surface area (Å²) in [7, 11) is 0. The number of amides is 1. The minimum Gasteiger partial charge on any atom is -0.484 e. The second-order valence-corrected chi connectivity index (χ2v) is 7.39. The molecule has 1 aromatic rings. The van der Waals surface area contributed by atoms with Crippen molar-refractivity contribution in [3.8, 4) is 5.75 Å². The smallest absolute Gasteiger partial charge is 0.410 e. The SMILES string of the molecule is CC(C)(C)OC(=O)N1CC(Oc2cc3c(cc2F)CCC(=O)C3)C1. The monoisotopic (exact) mass is 335 g/mol. The van der Waals surface area contributed by atoms with E-state index in [-0.39, 0.29) is 23.7 Å². The van der Waals surface area contributed by atoms with Crippen LogP contribution in [-0.2, 0) is 22.4 Å². The van der Waals surface area contributed by atoms with E-state index >= 15 is 0 Å². The highest BCUT2D eigenvalue weighted by Crippen LogP contribution is 2.29. The number of carbonyl (C=O) groups is 2. The van der Waals surface area contributed by atoms with Crippen LogP contribution in [-0.4, -0.2) is 41.6 Å². The van der Waals surface area contributed by atoms with Crippen molar-refractivity contribution in [2.45, 2.75) is 51.7 Å². The van der Waals surface area contributed by atoms with E-state index in [0.29, 0.717) is 32.4 Å². The fourth-order valence-electron chi connectivity index (χ4n) is 2.87. The van der Waals surface area contributed by atoms with Crippen LogP contribution in [0.3, 0.4) is 0 Å². The summed E-state index contributed by atoms with van der Waals surface area (Å²) in [5.74, 6) is -0.101. The lowest BCUT2D eigenvalue weighted by molar-refractivity contribution is -0.118. The Bertz CT molecular complexity index is 674. The third-order valence-corrected chi connectivity index (χ3v) is 4.11. The molecule has 1 fully saturated rings. The molecule has 0 radical (unpaired) electrons. The number of nitrogens with zero attached hydrogens (tertiary/aromatic N) is 1. The maximum absolute atomic E-state index is 14.2. The van der Waals surface area contributed by atoms with Crippen LogP contribution in [0.15, 0.2) is 12.1 Å². The van der Waals surface area contributed by atoms with E-state index in [4.69, 9.17) is 9.47 Å². The van der Waals surface area contributed by atoms with Crippen molar-refractivity contribution in [3.63, 3.8) is 0 Å². The van der Waals surface area contributed by atoms with Crippen LogP contribution in [0.1, 0.15) is 38.3 Å². The molecule has 6 heteroatoms. The van der Waals surface area contributed by atoms with Gasteiger partial charge in [0.05, 0.1) is 13.1 Å². The van der Waals surface area contributed by atoms with E-state index in [1.807, 2.05) is 20.8 Å². The number of benzene rings is 1. The number of fused-ring (bicyclic) bond motifs is 1. The van der Waals surface area contributed by atoms with Gasteiger partial charge in [-0.15, -0.1) is 0 Å². The van der Waals surface area contributed by atoms with Gasteiger partial charge in [-0.2, -0.15) is 0 Å². The van der Waals surface area contributed by atoms with Crippen LogP contribution in [0.2, 0.25) is 0 Å².